The molecular formula is C20H28N2O2S. The Balaban J connectivity index is 2.10. The summed E-state index contributed by atoms with van der Waals surface area (Å²) in [4.78, 5) is 14.6. The summed E-state index contributed by atoms with van der Waals surface area (Å²) in [6, 6.07) is 8.65. The molecule has 0 saturated carbocycles. The van der Waals surface area contributed by atoms with Gasteiger partial charge in [-0.15, -0.1) is 11.3 Å². The Morgan fingerprint density at radius 1 is 1.16 bits per heavy atom. The number of hydrogen-bond acceptors (Lipinski definition) is 4. The highest BCUT2D eigenvalue weighted by molar-refractivity contribution is 7.10. The first kappa shape index (κ1) is 19.6. The van der Waals surface area contributed by atoms with Gasteiger partial charge in [0.2, 0.25) is 0 Å². The molecule has 0 amide bonds. The van der Waals surface area contributed by atoms with Gasteiger partial charge in [0.15, 0.2) is 0 Å². The lowest BCUT2D eigenvalue weighted by Crippen LogP contribution is -2.37. The second-order valence-electron chi connectivity index (χ2n) is 7.04. The molecule has 1 heterocycles. The van der Waals surface area contributed by atoms with E-state index >= 15 is 0 Å². The molecule has 0 bridgehead atoms. The molecule has 0 aliphatic carbocycles. The van der Waals surface area contributed by atoms with Crippen molar-refractivity contribution in [1.29, 1.82) is 0 Å². The summed E-state index contributed by atoms with van der Waals surface area (Å²) in [6.45, 7) is 11.9. The first-order chi connectivity index (χ1) is 11.8. The van der Waals surface area contributed by atoms with Gasteiger partial charge >= 0.3 is 0 Å². The number of thiophene rings is 1. The fourth-order valence-electron chi connectivity index (χ4n) is 3.35. The summed E-state index contributed by atoms with van der Waals surface area (Å²) in [6.07, 6.45) is 2.16. The fraction of sp³-hybridized carbons (Fsp3) is 0.500. The van der Waals surface area contributed by atoms with Crippen molar-refractivity contribution >= 4 is 17.0 Å². The Labute approximate surface area is 154 Å². The molecule has 25 heavy (non-hydrogen) atoms. The molecule has 0 N–H and O–H groups in total. The molecule has 0 radical (unpaired) electrons. The van der Waals surface area contributed by atoms with Crippen LogP contribution in [0.3, 0.4) is 0 Å². The molecule has 1 aromatic carbocycles. The van der Waals surface area contributed by atoms with E-state index in [0.717, 1.165) is 24.9 Å². The molecule has 4 nitrogen and oxygen atoms in total. The highest BCUT2D eigenvalue weighted by Crippen LogP contribution is 2.32. The predicted molar refractivity (Wildman–Crippen MR) is 106 cm³/mol. The van der Waals surface area contributed by atoms with Crippen molar-refractivity contribution in [1.82, 2.24) is 4.90 Å². The van der Waals surface area contributed by atoms with Crippen LogP contribution in [0.1, 0.15) is 44.6 Å². The average molecular weight is 361 g/mol. The number of benzene rings is 1. The highest BCUT2D eigenvalue weighted by atomic mass is 32.1. The zero-order chi connectivity index (χ0) is 18.6. The summed E-state index contributed by atoms with van der Waals surface area (Å²) in [5.74, 6) is 0. The second kappa shape index (κ2) is 8.59. The van der Waals surface area contributed by atoms with Crippen molar-refractivity contribution in [2.24, 2.45) is 0 Å². The molecule has 0 spiro atoms. The van der Waals surface area contributed by atoms with Gasteiger partial charge < -0.3 is 0 Å². The highest BCUT2D eigenvalue weighted by Gasteiger charge is 2.15. The lowest BCUT2D eigenvalue weighted by atomic mass is 10.0. The SMILES string of the molecule is Cc1cc(-c2ccsc2CCCN(C(C)C)C(C)C)ccc1[N+](=O)[O-]. The number of hydrogen-bond donors (Lipinski definition) is 0. The van der Waals surface area contributed by atoms with E-state index in [1.54, 1.807) is 24.3 Å². The zero-order valence-corrected chi connectivity index (χ0v) is 16.6. The maximum atomic E-state index is 11.0. The van der Waals surface area contributed by atoms with Gasteiger partial charge in [-0.3, -0.25) is 15.0 Å². The molecule has 2 aromatic rings. The van der Waals surface area contributed by atoms with E-state index in [1.807, 2.05) is 12.1 Å². The number of rotatable bonds is 8. The van der Waals surface area contributed by atoms with Gasteiger partial charge in [-0.2, -0.15) is 0 Å². The predicted octanol–water partition coefficient (Wildman–Crippen LogP) is 5.68. The molecule has 0 aliphatic heterocycles. The summed E-state index contributed by atoms with van der Waals surface area (Å²) < 4.78 is 0. The maximum Gasteiger partial charge on any atom is 0.272 e. The standard InChI is InChI=1S/C20H28N2O2S/c1-14(2)21(15(3)4)11-6-7-20-18(10-12-25-20)17-8-9-19(22(23)24)16(5)13-17/h8-10,12-15H,6-7,11H2,1-5H3. The summed E-state index contributed by atoms with van der Waals surface area (Å²) >= 11 is 1.78. The quantitative estimate of drug-likeness (QED) is 0.449. The van der Waals surface area contributed by atoms with Crippen LogP contribution in [-0.2, 0) is 6.42 Å². The van der Waals surface area contributed by atoms with Crippen LogP contribution in [0.2, 0.25) is 0 Å². The third-order valence-corrected chi connectivity index (χ3v) is 5.58. The minimum absolute atomic E-state index is 0.185. The smallest absolute Gasteiger partial charge is 0.272 e. The van der Waals surface area contributed by atoms with Crippen LogP contribution in [0.25, 0.3) is 11.1 Å². The molecule has 2 rings (SSSR count). The van der Waals surface area contributed by atoms with Crippen LogP contribution < -0.4 is 0 Å². The Morgan fingerprint density at radius 3 is 2.40 bits per heavy atom. The fourth-order valence-corrected chi connectivity index (χ4v) is 4.30. The van der Waals surface area contributed by atoms with Gasteiger partial charge in [0, 0.05) is 28.6 Å². The van der Waals surface area contributed by atoms with Crippen LogP contribution in [0.4, 0.5) is 5.69 Å². The Bertz CT molecular complexity index is 714. The van der Waals surface area contributed by atoms with E-state index in [0.29, 0.717) is 17.6 Å². The molecule has 5 heteroatoms. The van der Waals surface area contributed by atoms with Crippen molar-refractivity contribution in [3.63, 3.8) is 0 Å². The largest absolute Gasteiger partial charge is 0.299 e. The van der Waals surface area contributed by atoms with Crippen molar-refractivity contribution in [2.75, 3.05) is 6.54 Å². The number of aryl methyl sites for hydroxylation is 2. The second-order valence-corrected chi connectivity index (χ2v) is 8.05. The number of nitro groups is 1. The monoisotopic (exact) mass is 360 g/mol. The van der Waals surface area contributed by atoms with Crippen molar-refractivity contribution in [2.45, 2.75) is 59.5 Å². The molecule has 0 aliphatic rings. The van der Waals surface area contributed by atoms with Crippen LogP contribution in [-0.4, -0.2) is 28.5 Å². The minimum Gasteiger partial charge on any atom is -0.299 e. The van der Waals surface area contributed by atoms with Crippen molar-refractivity contribution < 1.29 is 4.92 Å². The van der Waals surface area contributed by atoms with E-state index in [9.17, 15) is 10.1 Å². The Hall–Kier alpha value is -1.72. The lowest BCUT2D eigenvalue weighted by Gasteiger charge is -2.30. The van der Waals surface area contributed by atoms with E-state index in [-0.39, 0.29) is 10.6 Å². The topological polar surface area (TPSA) is 46.4 Å². The Morgan fingerprint density at radius 2 is 1.84 bits per heavy atom. The molecule has 0 fully saturated rings. The third kappa shape index (κ3) is 4.89. The van der Waals surface area contributed by atoms with Crippen LogP contribution in [0, 0.1) is 17.0 Å². The molecule has 0 atom stereocenters. The molecule has 0 unspecified atom stereocenters. The first-order valence-electron chi connectivity index (χ1n) is 8.88. The van der Waals surface area contributed by atoms with Gasteiger partial charge in [0.1, 0.15) is 0 Å². The molecule has 136 valence electrons. The summed E-state index contributed by atoms with van der Waals surface area (Å²) in [5, 5.41) is 13.1. The normalized spacial score (nSPS) is 11.7. The maximum absolute atomic E-state index is 11.0. The van der Waals surface area contributed by atoms with E-state index in [2.05, 4.69) is 44.0 Å². The lowest BCUT2D eigenvalue weighted by molar-refractivity contribution is -0.385. The first-order valence-corrected chi connectivity index (χ1v) is 9.76. The minimum atomic E-state index is -0.319. The third-order valence-electron chi connectivity index (χ3n) is 4.60. The van der Waals surface area contributed by atoms with Gasteiger partial charge in [-0.1, -0.05) is 0 Å². The number of nitro benzene ring substituents is 1. The van der Waals surface area contributed by atoms with Gasteiger partial charge in [0.25, 0.3) is 5.69 Å². The Kier molecular flexibility index (Phi) is 6.73. The van der Waals surface area contributed by atoms with E-state index < -0.39 is 0 Å². The molecule has 1 aromatic heterocycles. The van der Waals surface area contributed by atoms with Crippen LogP contribution >= 0.6 is 11.3 Å². The van der Waals surface area contributed by atoms with Crippen molar-refractivity contribution in [3.8, 4) is 11.1 Å². The summed E-state index contributed by atoms with van der Waals surface area (Å²) in [7, 11) is 0. The van der Waals surface area contributed by atoms with Gasteiger partial charge in [0.05, 0.1) is 4.92 Å². The zero-order valence-electron chi connectivity index (χ0n) is 15.8. The van der Waals surface area contributed by atoms with Crippen LogP contribution in [0.15, 0.2) is 29.6 Å². The van der Waals surface area contributed by atoms with E-state index in [4.69, 9.17) is 0 Å². The van der Waals surface area contributed by atoms with E-state index in [1.165, 1.54) is 10.4 Å². The summed E-state index contributed by atoms with van der Waals surface area (Å²) in [5.41, 5.74) is 3.18. The average Bonchev–Trinajstić information content (AvgIpc) is 2.98. The van der Waals surface area contributed by atoms with Crippen LogP contribution in [0.5, 0.6) is 0 Å². The van der Waals surface area contributed by atoms with Gasteiger partial charge in [-0.05, 0) is 88.7 Å². The molecular weight excluding hydrogens is 332 g/mol. The van der Waals surface area contributed by atoms with Crippen molar-refractivity contribution in [3.05, 3.63) is 50.2 Å². The number of nitrogens with zero attached hydrogens (tertiary/aromatic N) is 2. The molecule has 0 saturated heterocycles. The van der Waals surface area contributed by atoms with Gasteiger partial charge in [-0.25, -0.2) is 0 Å².